The number of carbonyl (C=O) groups excluding carboxylic acids is 2. The normalized spacial score (nSPS) is 12.3. The third-order valence-electron chi connectivity index (χ3n) is 5.84. The van der Waals surface area contributed by atoms with E-state index in [4.69, 9.17) is 5.73 Å². The summed E-state index contributed by atoms with van der Waals surface area (Å²) in [4.78, 5) is 29.1. The quantitative estimate of drug-likeness (QED) is 0.404. The van der Waals surface area contributed by atoms with Crippen LogP contribution in [0.15, 0.2) is 41.9 Å². The van der Waals surface area contributed by atoms with E-state index in [2.05, 4.69) is 26.8 Å². The van der Waals surface area contributed by atoms with Gasteiger partial charge >= 0.3 is 0 Å². The third kappa shape index (κ3) is 3.71. The highest BCUT2D eigenvalue weighted by molar-refractivity contribution is 7.13. The van der Waals surface area contributed by atoms with Gasteiger partial charge in [0.2, 0.25) is 0 Å². The van der Waals surface area contributed by atoms with Gasteiger partial charge in [0.1, 0.15) is 22.9 Å². The molecule has 3 heterocycles. The van der Waals surface area contributed by atoms with Crippen molar-refractivity contribution in [2.24, 2.45) is 5.73 Å². The topological polar surface area (TPSA) is 115 Å². The molecule has 0 saturated carbocycles. The third-order valence-corrected chi connectivity index (χ3v) is 6.53. The minimum atomic E-state index is -0.720. The number of nitrogens with two attached hydrogens (primary N) is 1. The first kappa shape index (κ1) is 21.8. The first-order chi connectivity index (χ1) is 16.3. The van der Waals surface area contributed by atoms with Crippen molar-refractivity contribution in [2.75, 3.05) is 10.6 Å². The first-order valence-corrected chi connectivity index (χ1v) is 11.5. The molecule has 0 bridgehead atoms. The Kier molecular flexibility index (Phi) is 5.37. The second kappa shape index (κ2) is 8.38. The Morgan fingerprint density at radius 3 is 2.79 bits per heavy atom. The van der Waals surface area contributed by atoms with Gasteiger partial charge in [-0.3, -0.25) is 14.9 Å². The molecule has 4 N–H and O–H groups in total. The zero-order valence-corrected chi connectivity index (χ0v) is 19.3. The van der Waals surface area contributed by atoms with Gasteiger partial charge < -0.3 is 11.1 Å². The molecule has 0 fully saturated rings. The molecule has 0 saturated heterocycles. The fourth-order valence-corrected chi connectivity index (χ4v) is 4.67. The molecular formula is C24H21FN6O2S. The van der Waals surface area contributed by atoms with E-state index in [1.807, 2.05) is 19.1 Å². The summed E-state index contributed by atoms with van der Waals surface area (Å²) in [5.74, 6) is -1.41. The number of aromatic nitrogens is 3. The van der Waals surface area contributed by atoms with Crippen molar-refractivity contribution in [1.82, 2.24) is 14.8 Å². The van der Waals surface area contributed by atoms with Crippen LogP contribution in [0.1, 0.15) is 37.4 Å². The van der Waals surface area contributed by atoms with Gasteiger partial charge in [-0.15, -0.1) is 11.3 Å². The molecule has 0 radical (unpaired) electrons. The van der Waals surface area contributed by atoms with E-state index in [0.717, 1.165) is 16.8 Å². The van der Waals surface area contributed by atoms with Crippen molar-refractivity contribution in [3.63, 3.8) is 0 Å². The zero-order chi connectivity index (χ0) is 24.0. The van der Waals surface area contributed by atoms with E-state index < -0.39 is 17.6 Å². The Labute approximate surface area is 198 Å². The number of anilines is 3. The number of nitrogens with one attached hydrogen (secondary N) is 2. The van der Waals surface area contributed by atoms with Crippen molar-refractivity contribution in [1.29, 1.82) is 0 Å². The Hall–Kier alpha value is -4.05. The molecule has 0 aliphatic carbocycles. The number of amides is 2. The highest BCUT2D eigenvalue weighted by Crippen LogP contribution is 2.36. The summed E-state index contributed by atoms with van der Waals surface area (Å²) in [6.07, 6.45) is 2.26. The lowest BCUT2D eigenvalue weighted by atomic mass is 9.99. The molecule has 2 aromatic carbocycles. The van der Waals surface area contributed by atoms with Crippen molar-refractivity contribution in [2.45, 2.75) is 26.8 Å². The van der Waals surface area contributed by atoms with Gasteiger partial charge in [0, 0.05) is 34.9 Å². The van der Waals surface area contributed by atoms with Crippen LogP contribution in [0.4, 0.5) is 21.0 Å². The number of aryl methyl sites for hydroxylation is 3. The predicted octanol–water partition coefficient (Wildman–Crippen LogP) is 4.41. The van der Waals surface area contributed by atoms with Crippen LogP contribution in [0.2, 0.25) is 0 Å². The van der Waals surface area contributed by atoms with Crippen molar-refractivity contribution >= 4 is 39.8 Å². The maximum Gasteiger partial charge on any atom is 0.257 e. The van der Waals surface area contributed by atoms with Gasteiger partial charge in [-0.25, -0.2) is 14.1 Å². The molecular weight excluding hydrogens is 455 g/mol. The fourth-order valence-electron chi connectivity index (χ4n) is 4.14. The SMILES string of the molecule is Cc1ccc2c(c1)CCn1nc(-c3ccc(C(=O)Nc4nccs4)c(C)c3F)c(C(N)=O)c1N2. The van der Waals surface area contributed by atoms with Crippen LogP contribution in [0, 0.1) is 19.7 Å². The van der Waals surface area contributed by atoms with Gasteiger partial charge in [-0.05, 0) is 49.6 Å². The number of halogens is 1. The second-order valence-electron chi connectivity index (χ2n) is 8.09. The molecule has 8 nitrogen and oxygen atoms in total. The highest BCUT2D eigenvalue weighted by atomic mass is 32.1. The molecule has 4 aromatic rings. The number of fused-ring (bicyclic) bond motifs is 2. The lowest BCUT2D eigenvalue weighted by molar-refractivity contribution is 0.0998. The summed E-state index contributed by atoms with van der Waals surface area (Å²) in [7, 11) is 0. The van der Waals surface area contributed by atoms with Crippen LogP contribution in [0.25, 0.3) is 11.3 Å². The summed E-state index contributed by atoms with van der Waals surface area (Å²) in [6.45, 7) is 4.02. The predicted molar refractivity (Wildman–Crippen MR) is 129 cm³/mol. The van der Waals surface area contributed by atoms with Gasteiger partial charge in [0.15, 0.2) is 5.13 Å². The van der Waals surface area contributed by atoms with Gasteiger partial charge in [-0.1, -0.05) is 17.7 Å². The van der Waals surface area contributed by atoms with Gasteiger partial charge in [0.25, 0.3) is 11.8 Å². The number of primary amides is 1. The van der Waals surface area contributed by atoms with E-state index >= 15 is 4.39 Å². The second-order valence-corrected chi connectivity index (χ2v) is 8.98. The molecule has 34 heavy (non-hydrogen) atoms. The lowest BCUT2D eigenvalue weighted by Gasteiger charge is -2.11. The van der Waals surface area contributed by atoms with Gasteiger partial charge in [-0.2, -0.15) is 5.10 Å². The summed E-state index contributed by atoms with van der Waals surface area (Å²) in [5.41, 5.74) is 9.46. The lowest BCUT2D eigenvalue weighted by Crippen LogP contribution is -2.15. The van der Waals surface area contributed by atoms with E-state index in [0.29, 0.717) is 23.9 Å². The van der Waals surface area contributed by atoms with E-state index in [-0.39, 0.29) is 27.9 Å². The van der Waals surface area contributed by atoms with E-state index in [1.165, 1.54) is 30.4 Å². The number of hydrogen-bond acceptors (Lipinski definition) is 6. The standard InChI is InChI=1S/C24H21FN6O2S/c1-12-3-6-17-14(11-12)7-9-31-22(28-17)18(21(26)32)20(30-31)16-5-4-15(13(2)19(16)25)23(33)29-24-27-8-10-34-24/h3-6,8,10-11,28H,7,9H2,1-2H3,(H2,26,32)(H,27,29,33). The molecule has 0 unspecified atom stereocenters. The van der Waals surface area contributed by atoms with Crippen LogP contribution in [-0.2, 0) is 13.0 Å². The Bertz CT molecular complexity index is 1440. The number of hydrogen-bond donors (Lipinski definition) is 3. The van der Waals surface area contributed by atoms with Crippen LogP contribution in [0.5, 0.6) is 0 Å². The van der Waals surface area contributed by atoms with Crippen LogP contribution >= 0.6 is 11.3 Å². The molecule has 1 aliphatic rings. The molecule has 2 amide bonds. The molecule has 10 heteroatoms. The van der Waals surface area contributed by atoms with Crippen LogP contribution in [-0.4, -0.2) is 26.6 Å². The van der Waals surface area contributed by atoms with Crippen LogP contribution < -0.4 is 16.4 Å². The van der Waals surface area contributed by atoms with E-state index in [1.54, 1.807) is 16.3 Å². The number of carbonyl (C=O) groups is 2. The average molecular weight is 477 g/mol. The zero-order valence-electron chi connectivity index (χ0n) is 18.5. The monoisotopic (exact) mass is 476 g/mol. The first-order valence-electron chi connectivity index (χ1n) is 10.6. The molecule has 2 aromatic heterocycles. The van der Waals surface area contributed by atoms with Crippen molar-refractivity contribution in [3.8, 4) is 11.3 Å². The van der Waals surface area contributed by atoms with Crippen molar-refractivity contribution in [3.05, 3.63) is 75.5 Å². The number of rotatable bonds is 4. The molecule has 0 atom stereocenters. The summed E-state index contributed by atoms with van der Waals surface area (Å²) >= 11 is 1.27. The Balaban J connectivity index is 1.57. The Morgan fingerprint density at radius 1 is 1.24 bits per heavy atom. The number of nitrogens with zero attached hydrogens (tertiary/aromatic N) is 3. The fraction of sp³-hybridized carbons (Fsp3) is 0.167. The summed E-state index contributed by atoms with van der Waals surface area (Å²) in [6, 6.07) is 8.96. The minimum Gasteiger partial charge on any atom is -0.365 e. The molecule has 0 spiro atoms. The number of benzene rings is 2. The smallest absolute Gasteiger partial charge is 0.257 e. The average Bonchev–Trinajstić information content (AvgIpc) is 3.39. The summed E-state index contributed by atoms with van der Waals surface area (Å²) in [5, 5.41) is 12.6. The largest absolute Gasteiger partial charge is 0.365 e. The molecule has 5 rings (SSSR count). The highest BCUT2D eigenvalue weighted by Gasteiger charge is 2.28. The summed E-state index contributed by atoms with van der Waals surface area (Å²) < 4.78 is 17.2. The molecule has 1 aliphatic heterocycles. The minimum absolute atomic E-state index is 0.101. The molecule has 172 valence electrons. The van der Waals surface area contributed by atoms with E-state index in [9.17, 15) is 9.59 Å². The van der Waals surface area contributed by atoms with Gasteiger partial charge in [0.05, 0.1) is 0 Å². The Morgan fingerprint density at radius 2 is 2.06 bits per heavy atom. The van der Waals surface area contributed by atoms with Crippen molar-refractivity contribution < 1.29 is 14.0 Å². The maximum absolute atomic E-state index is 15.5. The van der Waals surface area contributed by atoms with Crippen LogP contribution in [0.3, 0.4) is 0 Å². The number of thiazole rings is 1. The maximum atomic E-state index is 15.5.